The summed E-state index contributed by atoms with van der Waals surface area (Å²) in [6.45, 7) is 15.5. The molecule has 1 heterocycles. The first-order valence-electron chi connectivity index (χ1n) is 12.4. The summed E-state index contributed by atoms with van der Waals surface area (Å²) in [6, 6.07) is 6.17. The second kappa shape index (κ2) is 10.3. The lowest BCUT2D eigenvalue weighted by atomic mass is 9.77. The standard InChI is InChI=1S/C26H42BNO4/c1-18(2)16-23(24(29)30-22-10-8-9-11-22)28-15-14-20-17-21(13-12-19(20)3)27-31-25(4,5)26(6,7)32-27/h12-13,17-18,22-23,28H,8-11,14-16H2,1-7H3/t23-/m0/s1. The van der Waals surface area contributed by atoms with Crippen molar-refractivity contribution in [3.05, 3.63) is 29.3 Å². The maximum atomic E-state index is 12.8. The zero-order chi connectivity index (χ0) is 23.5. The molecule has 0 radical (unpaired) electrons. The number of hydrogen-bond acceptors (Lipinski definition) is 5. The molecule has 1 aliphatic heterocycles. The molecule has 2 fully saturated rings. The smallest absolute Gasteiger partial charge is 0.461 e. The SMILES string of the molecule is Cc1ccc(B2OC(C)(C)C(C)(C)O2)cc1CCN[C@@H](CC(C)C)C(=O)OC1CCCC1. The molecule has 0 spiro atoms. The molecule has 6 heteroatoms. The molecule has 1 saturated carbocycles. The fourth-order valence-electron chi connectivity index (χ4n) is 4.45. The molecule has 0 unspecified atom stereocenters. The van der Waals surface area contributed by atoms with E-state index in [4.69, 9.17) is 14.0 Å². The molecule has 1 aromatic rings. The molecule has 0 amide bonds. The normalized spacial score (nSPS) is 21.3. The summed E-state index contributed by atoms with van der Waals surface area (Å²) in [5.74, 6) is 0.338. The Labute approximate surface area is 195 Å². The lowest BCUT2D eigenvalue weighted by Gasteiger charge is -2.32. The molecule has 2 aliphatic rings. The van der Waals surface area contributed by atoms with Gasteiger partial charge in [-0.1, -0.05) is 32.0 Å². The third-order valence-electron chi connectivity index (χ3n) is 7.26. The summed E-state index contributed by atoms with van der Waals surface area (Å²) in [6.07, 6.45) is 6.08. The fourth-order valence-corrected chi connectivity index (χ4v) is 4.45. The highest BCUT2D eigenvalue weighted by atomic mass is 16.7. The van der Waals surface area contributed by atoms with E-state index in [-0.39, 0.29) is 36.4 Å². The minimum Gasteiger partial charge on any atom is -0.461 e. The minimum absolute atomic E-state index is 0.0895. The van der Waals surface area contributed by atoms with Gasteiger partial charge in [0.05, 0.1) is 11.2 Å². The van der Waals surface area contributed by atoms with E-state index in [1.807, 2.05) is 0 Å². The van der Waals surface area contributed by atoms with Crippen LogP contribution in [0.3, 0.4) is 0 Å². The Morgan fingerprint density at radius 3 is 2.38 bits per heavy atom. The van der Waals surface area contributed by atoms with Crippen LogP contribution in [0.25, 0.3) is 0 Å². The van der Waals surface area contributed by atoms with E-state index in [0.717, 1.165) is 37.7 Å². The van der Waals surface area contributed by atoms with Gasteiger partial charge in [-0.3, -0.25) is 4.79 Å². The molecule has 1 atom stereocenters. The van der Waals surface area contributed by atoms with Crippen molar-refractivity contribution in [2.24, 2.45) is 5.92 Å². The second-order valence-electron chi connectivity index (χ2n) is 11.0. The Morgan fingerprint density at radius 1 is 1.16 bits per heavy atom. The lowest BCUT2D eigenvalue weighted by molar-refractivity contribution is -0.151. The minimum atomic E-state index is -0.359. The number of ether oxygens (including phenoxy) is 1. The van der Waals surface area contributed by atoms with E-state index in [9.17, 15) is 4.79 Å². The van der Waals surface area contributed by atoms with Crippen molar-refractivity contribution in [1.29, 1.82) is 0 Å². The molecule has 1 saturated heterocycles. The van der Waals surface area contributed by atoms with E-state index in [1.54, 1.807) is 0 Å². The topological polar surface area (TPSA) is 56.8 Å². The predicted octanol–water partition coefficient (Wildman–Crippen LogP) is 4.33. The number of hydrogen-bond donors (Lipinski definition) is 1. The molecule has 1 N–H and O–H groups in total. The van der Waals surface area contributed by atoms with E-state index in [0.29, 0.717) is 5.92 Å². The third kappa shape index (κ3) is 6.15. The summed E-state index contributed by atoms with van der Waals surface area (Å²) in [5.41, 5.74) is 2.82. The van der Waals surface area contributed by atoms with E-state index < -0.39 is 0 Å². The first-order valence-corrected chi connectivity index (χ1v) is 12.4. The summed E-state index contributed by atoms with van der Waals surface area (Å²) in [7, 11) is -0.359. The van der Waals surface area contributed by atoms with Crippen molar-refractivity contribution in [1.82, 2.24) is 5.32 Å². The van der Waals surface area contributed by atoms with Gasteiger partial charge >= 0.3 is 13.1 Å². The molecule has 1 aliphatic carbocycles. The highest BCUT2D eigenvalue weighted by molar-refractivity contribution is 6.62. The van der Waals surface area contributed by atoms with Crippen LogP contribution < -0.4 is 10.8 Å². The van der Waals surface area contributed by atoms with Gasteiger partial charge in [-0.2, -0.15) is 0 Å². The molecule has 0 aromatic heterocycles. The number of aryl methyl sites for hydroxylation is 1. The van der Waals surface area contributed by atoms with Crippen molar-refractivity contribution in [3.63, 3.8) is 0 Å². The summed E-state index contributed by atoms with van der Waals surface area (Å²) in [4.78, 5) is 12.8. The number of carbonyl (C=O) groups is 1. The zero-order valence-corrected chi connectivity index (χ0v) is 21.1. The van der Waals surface area contributed by atoms with Gasteiger partial charge in [0.1, 0.15) is 12.1 Å². The number of nitrogens with one attached hydrogen (secondary N) is 1. The Balaban J connectivity index is 1.61. The number of benzene rings is 1. The fraction of sp³-hybridized carbons (Fsp3) is 0.731. The maximum Gasteiger partial charge on any atom is 0.494 e. The van der Waals surface area contributed by atoms with Crippen molar-refractivity contribution in [2.75, 3.05) is 6.54 Å². The predicted molar refractivity (Wildman–Crippen MR) is 130 cm³/mol. The second-order valence-corrected chi connectivity index (χ2v) is 11.0. The van der Waals surface area contributed by atoms with Gasteiger partial charge in [-0.15, -0.1) is 0 Å². The maximum absolute atomic E-state index is 12.8. The van der Waals surface area contributed by atoms with Crippen LogP contribution in [-0.4, -0.2) is 43.0 Å². The van der Waals surface area contributed by atoms with Crippen LogP contribution >= 0.6 is 0 Å². The molecule has 32 heavy (non-hydrogen) atoms. The van der Waals surface area contributed by atoms with Crippen molar-refractivity contribution in [3.8, 4) is 0 Å². The van der Waals surface area contributed by atoms with Gasteiger partial charge in [-0.05, 0) is 102 Å². The van der Waals surface area contributed by atoms with Gasteiger partial charge in [0.2, 0.25) is 0 Å². The summed E-state index contributed by atoms with van der Waals surface area (Å²) >= 11 is 0. The number of esters is 1. The van der Waals surface area contributed by atoms with Crippen LogP contribution in [0.2, 0.25) is 0 Å². The van der Waals surface area contributed by atoms with Crippen LogP contribution in [0.15, 0.2) is 18.2 Å². The quantitative estimate of drug-likeness (QED) is 0.455. The highest BCUT2D eigenvalue weighted by Gasteiger charge is 2.51. The molecular formula is C26H42BNO4. The van der Waals surface area contributed by atoms with Gasteiger partial charge in [0, 0.05) is 0 Å². The van der Waals surface area contributed by atoms with Gasteiger partial charge in [-0.25, -0.2) is 0 Å². The molecule has 3 rings (SSSR count). The largest absolute Gasteiger partial charge is 0.494 e. The number of rotatable bonds is 9. The first kappa shape index (κ1) is 25.3. The van der Waals surface area contributed by atoms with Crippen LogP contribution in [0.4, 0.5) is 0 Å². The third-order valence-corrected chi connectivity index (χ3v) is 7.26. The van der Waals surface area contributed by atoms with Crippen LogP contribution in [0.5, 0.6) is 0 Å². The zero-order valence-electron chi connectivity index (χ0n) is 21.1. The van der Waals surface area contributed by atoms with Gasteiger partial charge in [0.15, 0.2) is 0 Å². The van der Waals surface area contributed by atoms with E-state index in [2.05, 4.69) is 72.0 Å². The number of carbonyl (C=O) groups excluding carboxylic acids is 1. The van der Waals surface area contributed by atoms with Crippen molar-refractivity contribution < 1.29 is 18.8 Å². The van der Waals surface area contributed by atoms with Crippen LogP contribution in [0, 0.1) is 12.8 Å². The Kier molecular flexibility index (Phi) is 8.11. The Hall–Kier alpha value is -1.37. The van der Waals surface area contributed by atoms with Crippen LogP contribution in [0.1, 0.15) is 84.8 Å². The molecule has 0 bridgehead atoms. The van der Waals surface area contributed by atoms with E-state index >= 15 is 0 Å². The lowest BCUT2D eigenvalue weighted by Crippen LogP contribution is -2.41. The van der Waals surface area contributed by atoms with Crippen LogP contribution in [-0.2, 0) is 25.3 Å². The van der Waals surface area contributed by atoms with Gasteiger partial charge in [0.25, 0.3) is 0 Å². The highest BCUT2D eigenvalue weighted by Crippen LogP contribution is 2.36. The summed E-state index contributed by atoms with van der Waals surface area (Å²) in [5, 5.41) is 3.48. The Morgan fingerprint density at radius 2 is 1.78 bits per heavy atom. The average Bonchev–Trinajstić information content (AvgIpc) is 3.27. The summed E-state index contributed by atoms with van der Waals surface area (Å²) < 4.78 is 18.2. The Bertz CT molecular complexity index is 770. The molecule has 1 aromatic carbocycles. The van der Waals surface area contributed by atoms with Crippen molar-refractivity contribution in [2.45, 2.75) is 110 Å². The first-order chi connectivity index (χ1) is 15.0. The monoisotopic (exact) mass is 443 g/mol. The molecular weight excluding hydrogens is 401 g/mol. The average molecular weight is 443 g/mol. The van der Waals surface area contributed by atoms with Crippen molar-refractivity contribution >= 4 is 18.6 Å². The van der Waals surface area contributed by atoms with E-state index in [1.165, 1.54) is 24.0 Å². The molecule has 5 nitrogen and oxygen atoms in total. The molecule has 178 valence electrons. The van der Waals surface area contributed by atoms with Gasteiger partial charge < -0.3 is 19.4 Å².